The first-order valence-electron chi connectivity index (χ1n) is 4.81. The summed E-state index contributed by atoms with van der Waals surface area (Å²) in [7, 11) is 1.39. The predicted octanol–water partition coefficient (Wildman–Crippen LogP) is 1.64. The van der Waals surface area contributed by atoms with Crippen molar-refractivity contribution in [3.8, 4) is 0 Å². The summed E-state index contributed by atoms with van der Waals surface area (Å²) >= 11 is 0. The lowest BCUT2D eigenvalue weighted by molar-refractivity contribution is 0.0976. The zero-order valence-corrected chi connectivity index (χ0v) is 8.93. The largest absolute Gasteiger partial charge is 0.380 e. The predicted molar refractivity (Wildman–Crippen MR) is 55.1 cm³/mol. The van der Waals surface area contributed by atoms with Crippen molar-refractivity contribution in [2.24, 2.45) is 5.73 Å². The summed E-state index contributed by atoms with van der Waals surface area (Å²) in [5.74, 6) is -2.36. The second-order valence-corrected chi connectivity index (χ2v) is 3.29. The molecule has 0 fully saturated rings. The van der Waals surface area contributed by atoms with Crippen LogP contribution in [0.5, 0.6) is 0 Å². The lowest BCUT2D eigenvalue weighted by atomic mass is 10.0. The summed E-state index contributed by atoms with van der Waals surface area (Å²) in [6.07, 6.45) is -0.0791. The minimum atomic E-state index is -0.865. The van der Waals surface area contributed by atoms with Gasteiger partial charge in [-0.15, -0.1) is 0 Å². The number of Topliss-reactive ketones (excluding diaryl/α,β-unsaturated/α-hetero) is 1. The molecule has 0 bridgehead atoms. The minimum absolute atomic E-state index is 0.00494. The number of hydrogen-bond donors (Lipinski definition) is 1. The average molecular weight is 229 g/mol. The Hall–Kier alpha value is -1.33. The Morgan fingerprint density at radius 3 is 2.69 bits per heavy atom. The molecule has 0 amide bonds. The van der Waals surface area contributed by atoms with Gasteiger partial charge in [-0.2, -0.15) is 0 Å². The van der Waals surface area contributed by atoms with Crippen molar-refractivity contribution < 1.29 is 18.3 Å². The first kappa shape index (κ1) is 12.7. The van der Waals surface area contributed by atoms with Gasteiger partial charge in [0.25, 0.3) is 0 Å². The van der Waals surface area contributed by atoms with Gasteiger partial charge in [-0.3, -0.25) is 4.79 Å². The fourth-order valence-corrected chi connectivity index (χ4v) is 1.37. The zero-order chi connectivity index (χ0) is 12.1. The molecule has 1 aromatic carbocycles. The Kier molecular flexibility index (Phi) is 4.52. The average Bonchev–Trinajstić information content (AvgIpc) is 2.23. The molecule has 16 heavy (non-hydrogen) atoms. The summed E-state index contributed by atoms with van der Waals surface area (Å²) in [6.45, 7) is 0.0568. The highest BCUT2D eigenvalue weighted by atomic mass is 19.1. The monoisotopic (exact) mass is 229 g/mol. The number of halogens is 2. The van der Waals surface area contributed by atoms with Gasteiger partial charge in [0, 0.05) is 19.1 Å². The molecule has 2 N–H and O–H groups in total. The second-order valence-electron chi connectivity index (χ2n) is 3.29. The van der Waals surface area contributed by atoms with E-state index in [-0.39, 0.29) is 25.1 Å². The lowest BCUT2D eigenvalue weighted by Crippen LogP contribution is -2.13. The molecule has 0 aliphatic carbocycles. The highest BCUT2D eigenvalue weighted by Gasteiger charge is 2.19. The van der Waals surface area contributed by atoms with Crippen LogP contribution in [-0.2, 0) is 11.3 Å². The molecule has 0 spiro atoms. The van der Waals surface area contributed by atoms with E-state index in [1.165, 1.54) is 13.2 Å². The van der Waals surface area contributed by atoms with Gasteiger partial charge in [0.05, 0.1) is 12.2 Å². The van der Waals surface area contributed by atoms with Gasteiger partial charge in [-0.05, 0) is 12.6 Å². The van der Waals surface area contributed by atoms with Crippen molar-refractivity contribution in [2.45, 2.75) is 13.0 Å². The molecule has 0 aromatic heterocycles. The number of carbonyl (C=O) groups is 1. The Morgan fingerprint density at radius 2 is 2.12 bits per heavy atom. The van der Waals surface area contributed by atoms with Gasteiger partial charge >= 0.3 is 0 Å². The van der Waals surface area contributed by atoms with Crippen LogP contribution in [0.4, 0.5) is 8.78 Å². The third-order valence-electron chi connectivity index (χ3n) is 2.12. The van der Waals surface area contributed by atoms with Gasteiger partial charge in [-0.1, -0.05) is 6.07 Å². The molecule has 0 heterocycles. The molecule has 0 aliphatic rings. The van der Waals surface area contributed by atoms with Crippen molar-refractivity contribution in [2.75, 3.05) is 13.7 Å². The van der Waals surface area contributed by atoms with E-state index in [0.717, 1.165) is 6.07 Å². The molecule has 1 rings (SSSR count). The molecular weight excluding hydrogens is 216 g/mol. The number of nitrogens with two attached hydrogens (primary N) is 1. The number of carbonyl (C=O) groups excluding carboxylic acids is 1. The summed E-state index contributed by atoms with van der Waals surface area (Å²) < 4.78 is 31.8. The smallest absolute Gasteiger partial charge is 0.170 e. The van der Waals surface area contributed by atoms with E-state index in [1.807, 2.05) is 0 Å². The summed E-state index contributed by atoms with van der Waals surface area (Å²) in [5.41, 5.74) is 4.80. The molecule has 3 nitrogen and oxygen atoms in total. The van der Waals surface area contributed by atoms with E-state index in [4.69, 9.17) is 10.5 Å². The van der Waals surface area contributed by atoms with Crippen LogP contribution in [0.3, 0.4) is 0 Å². The number of ether oxygens (including phenoxy) is 1. The number of hydrogen-bond acceptors (Lipinski definition) is 3. The van der Waals surface area contributed by atoms with E-state index in [2.05, 4.69) is 0 Å². The topological polar surface area (TPSA) is 52.3 Å². The summed E-state index contributed by atoms with van der Waals surface area (Å²) in [6, 6.07) is 2.31. The fourth-order valence-electron chi connectivity index (χ4n) is 1.37. The van der Waals surface area contributed by atoms with Crippen molar-refractivity contribution >= 4 is 5.78 Å². The van der Waals surface area contributed by atoms with Crippen LogP contribution < -0.4 is 5.73 Å². The quantitative estimate of drug-likeness (QED) is 0.781. The Balaban J connectivity index is 3.15. The fraction of sp³-hybridized carbons (Fsp3) is 0.364. The van der Waals surface area contributed by atoms with E-state index in [1.54, 1.807) is 0 Å². The maximum atomic E-state index is 13.7. The van der Waals surface area contributed by atoms with Gasteiger partial charge in [0.15, 0.2) is 5.78 Å². The molecule has 0 saturated heterocycles. The molecule has 88 valence electrons. The minimum Gasteiger partial charge on any atom is -0.380 e. The molecule has 0 radical (unpaired) electrons. The van der Waals surface area contributed by atoms with Crippen LogP contribution in [0.2, 0.25) is 0 Å². The van der Waals surface area contributed by atoms with Gasteiger partial charge in [0.1, 0.15) is 11.6 Å². The van der Waals surface area contributed by atoms with Crippen LogP contribution >= 0.6 is 0 Å². The van der Waals surface area contributed by atoms with E-state index in [0.29, 0.717) is 0 Å². The molecule has 0 aliphatic heterocycles. The molecule has 0 saturated carbocycles. The Bertz CT molecular complexity index is 394. The van der Waals surface area contributed by atoms with E-state index < -0.39 is 23.0 Å². The summed E-state index contributed by atoms with van der Waals surface area (Å²) in [5, 5.41) is 0. The highest BCUT2D eigenvalue weighted by Crippen LogP contribution is 2.19. The standard InChI is InChI=1S/C11H13F2NO2/c1-16-6-7-2-3-8(12)10(11(7)13)9(15)4-5-14/h2-3H,4-6,14H2,1H3. The second kappa shape index (κ2) is 5.67. The molecule has 5 heteroatoms. The molecule has 1 aromatic rings. The van der Waals surface area contributed by atoms with Gasteiger partial charge < -0.3 is 10.5 Å². The first-order valence-corrected chi connectivity index (χ1v) is 4.81. The number of rotatable bonds is 5. The number of benzene rings is 1. The Labute approximate surface area is 92.2 Å². The molecule has 0 atom stereocenters. The van der Waals surface area contributed by atoms with Gasteiger partial charge in [0.2, 0.25) is 0 Å². The van der Waals surface area contributed by atoms with Crippen LogP contribution in [0.25, 0.3) is 0 Å². The van der Waals surface area contributed by atoms with Crippen LogP contribution in [0.15, 0.2) is 12.1 Å². The Morgan fingerprint density at radius 1 is 1.44 bits per heavy atom. The SMILES string of the molecule is COCc1ccc(F)c(C(=O)CCN)c1F. The number of ketones is 1. The van der Waals surface area contributed by atoms with Crippen LogP contribution in [0.1, 0.15) is 22.3 Å². The van der Waals surface area contributed by atoms with Crippen LogP contribution in [0, 0.1) is 11.6 Å². The van der Waals surface area contributed by atoms with Crippen molar-refractivity contribution in [1.82, 2.24) is 0 Å². The van der Waals surface area contributed by atoms with Gasteiger partial charge in [-0.25, -0.2) is 8.78 Å². The number of methoxy groups -OCH3 is 1. The maximum Gasteiger partial charge on any atom is 0.170 e. The zero-order valence-electron chi connectivity index (χ0n) is 8.93. The van der Waals surface area contributed by atoms with Crippen LogP contribution in [-0.4, -0.2) is 19.4 Å². The summed E-state index contributed by atoms with van der Waals surface area (Å²) in [4.78, 5) is 11.4. The normalized spacial score (nSPS) is 10.5. The van der Waals surface area contributed by atoms with E-state index >= 15 is 0 Å². The van der Waals surface area contributed by atoms with Crippen molar-refractivity contribution in [1.29, 1.82) is 0 Å². The molecule has 0 unspecified atom stereocenters. The molecular formula is C11H13F2NO2. The van der Waals surface area contributed by atoms with Crippen molar-refractivity contribution in [3.05, 3.63) is 34.9 Å². The maximum absolute atomic E-state index is 13.7. The third-order valence-corrected chi connectivity index (χ3v) is 2.12. The third kappa shape index (κ3) is 2.62. The first-order chi connectivity index (χ1) is 7.61. The highest BCUT2D eigenvalue weighted by molar-refractivity contribution is 5.96. The van der Waals surface area contributed by atoms with E-state index in [9.17, 15) is 13.6 Å². The lowest BCUT2D eigenvalue weighted by Gasteiger charge is -2.07. The van der Waals surface area contributed by atoms with Crippen molar-refractivity contribution in [3.63, 3.8) is 0 Å².